The molecular formula is C20H24N3O+. The van der Waals surface area contributed by atoms with Crippen molar-refractivity contribution in [3.8, 4) is 0 Å². The minimum absolute atomic E-state index is 0.202. The SMILES string of the molecule is O=C(c1ccc2c(c1)CCC2)N1CC[NH+](Cc2ccncc2)CC1. The molecule has 4 heteroatoms. The lowest BCUT2D eigenvalue weighted by atomic mass is 10.1. The predicted octanol–water partition coefficient (Wildman–Crippen LogP) is 1.11. The number of hydrogen-bond donors (Lipinski definition) is 1. The molecule has 2 aliphatic rings. The summed E-state index contributed by atoms with van der Waals surface area (Å²) in [5.74, 6) is 0.202. The largest absolute Gasteiger partial charge is 0.328 e. The highest BCUT2D eigenvalue weighted by atomic mass is 16.2. The Morgan fingerprint density at radius 1 is 1.04 bits per heavy atom. The minimum atomic E-state index is 0.202. The van der Waals surface area contributed by atoms with Crippen LogP contribution >= 0.6 is 0 Å². The second-order valence-electron chi connectivity index (χ2n) is 6.91. The molecular weight excluding hydrogens is 298 g/mol. The molecule has 0 radical (unpaired) electrons. The van der Waals surface area contributed by atoms with E-state index in [1.54, 1.807) is 4.90 Å². The van der Waals surface area contributed by atoms with E-state index < -0.39 is 0 Å². The molecule has 0 spiro atoms. The molecule has 1 fully saturated rings. The highest BCUT2D eigenvalue weighted by Gasteiger charge is 2.25. The Morgan fingerprint density at radius 2 is 1.79 bits per heavy atom. The van der Waals surface area contributed by atoms with Gasteiger partial charge in [-0.25, -0.2) is 0 Å². The Balaban J connectivity index is 1.36. The summed E-state index contributed by atoms with van der Waals surface area (Å²) in [6.07, 6.45) is 7.22. The molecule has 1 N–H and O–H groups in total. The zero-order chi connectivity index (χ0) is 16.4. The second-order valence-corrected chi connectivity index (χ2v) is 6.91. The fourth-order valence-electron chi connectivity index (χ4n) is 3.88. The first-order valence-corrected chi connectivity index (χ1v) is 8.93. The Morgan fingerprint density at radius 3 is 2.58 bits per heavy atom. The molecule has 1 amide bonds. The fraction of sp³-hybridized carbons (Fsp3) is 0.400. The van der Waals surface area contributed by atoms with Crippen LogP contribution in [0.25, 0.3) is 0 Å². The van der Waals surface area contributed by atoms with Gasteiger partial charge in [0.1, 0.15) is 6.54 Å². The summed E-state index contributed by atoms with van der Waals surface area (Å²) in [6.45, 7) is 4.73. The van der Waals surface area contributed by atoms with Gasteiger partial charge in [0.25, 0.3) is 5.91 Å². The number of aryl methyl sites for hydroxylation is 2. The summed E-state index contributed by atoms with van der Waals surface area (Å²) in [5, 5.41) is 0. The average Bonchev–Trinajstić information content (AvgIpc) is 3.10. The van der Waals surface area contributed by atoms with Gasteiger partial charge in [-0.1, -0.05) is 6.07 Å². The van der Waals surface area contributed by atoms with Crippen LogP contribution in [0.3, 0.4) is 0 Å². The number of amides is 1. The molecule has 1 aromatic carbocycles. The monoisotopic (exact) mass is 322 g/mol. The van der Waals surface area contributed by atoms with Gasteiger partial charge >= 0.3 is 0 Å². The van der Waals surface area contributed by atoms with Crippen LogP contribution in [0.15, 0.2) is 42.7 Å². The van der Waals surface area contributed by atoms with Gasteiger partial charge in [0, 0.05) is 23.5 Å². The quantitative estimate of drug-likeness (QED) is 0.919. The molecule has 124 valence electrons. The van der Waals surface area contributed by atoms with Gasteiger partial charge in [0.05, 0.1) is 26.2 Å². The maximum absolute atomic E-state index is 12.8. The Hall–Kier alpha value is -2.20. The van der Waals surface area contributed by atoms with Crippen molar-refractivity contribution in [3.05, 3.63) is 65.0 Å². The van der Waals surface area contributed by atoms with Crippen molar-refractivity contribution in [2.75, 3.05) is 26.2 Å². The van der Waals surface area contributed by atoms with Crippen LogP contribution in [0.5, 0.6) is 0 Å². The number of piperazine rings is 1. The lowest BCUT2D eigenvalue weighted by Gasteiger charge is -2.32. The third-order valence-electron chi connectivity index (χ3n) is 5.31. The fourth-order valence-corrected chi connectivity index (χ4v) is 3.88. The first-order valence-electron chi connectivity index (χ1n) is 8.93. The van der Waals surface area contributed by atoms with E-state index in [2.05, 4.69) is 29.2 Å². The van der Waals surface area contributed by atoms with Crippen LogP contribution < -0.4 is 4.90 Å². The van der Waals surface area contributed by atoms with E-state index in [0.717, 1.165) is 44.7 Å². The maximum atomic E-state index is 12.8. The van der Waals surface area contributed by atoms with Crippen molar-refractivity contribution in [2.24, 2.45) is 0 Å². The summed E-state index contributed by atoms with van der Waals surface area (Å²) < 4.78 is 0. The number of rotatable bonds is 3. The van der Waals surface area contributed by atoms with E-state index >= 15 is 0 Å². The zero-order valence-electron chi connectivity index (χ0n) is 14.0. The minimum Gasteiger partial charge on any atom is -0.328 e. The van der Waals surface area contributed by atoms with Crippen LogP contribution in [-0.4, -0.2) is 42.0 Å². The molecule has 0 unspecified atom stereocenters. The Kier molecular flexibility index (Phi) is 4.30. The van der Waals surface area contributed by atoms with Gasteiger partial charge in [0.2, 0.25) is 0 Å². The summed E-state index contributed by atoms with van der Waals surface area (Å²) in [6, 6.07) is 10.5. The smallest absolute Gasteiger partial charge is 0.254 e. The summed E-state index contributed by atoms with van der Waals surface area (Å²) >= 11 is 0. The molecule has 2 heterocycles. The van der Waals surface area contributed by atoms with Crippen LogP contribution in [0.2, 0.25) is 0 Å². The topological polar surface area (TPSA) is 37.6 Å². The van der Waals surface area contributed by atoms with Gasteiger partial charge in [0.15, 0.2) is 0 Å². The number of carbonyl (C=O) groups excluding carboxylic acids is 1. The van der Waals surface area contributed by atoms with E-state index in [-0.39, 0.29) is 5.91 Å². The number of fused-ring (bicyclic) bond motifs is 1. The van der Waals surface area contributed by atoms with Crippen molar-refractivity contribution < 1.29 is 9.69 Å². The number of aromatic nitrogens is 1. The van der Waals surface area contributed by atoms with Crippen molar-refractivity contribution in [1.82, 2.24) is 9.88 Å². The molecule has 0 atom stereocenters. The molecule has 1 aliphatic carbocycles. The van der Waals surface area contributed by atoms with Crippen molar-refractivity contribution in [2.45, 2.75) is 25.8 Å². The lowest BCUT2D eigenvalue weighted by Crippen LogP contribution is -3.13. The molecule has 4 nitrogen and oxygen atoms in total. The molecule has 24 heavy (non-hydrogen) atoms. The van der Waals surface area contributed by atoms with Crippen LogP contribution in [0, 0.1) is 0 Å². The van der Waals surface area contributed by atoms with Crippen molar-refractivity contribution in [3.63, 3.8) is 0 Å². The van der Waals surface area contributed by atoms with Gasteiger partial charge in [-0.15, -0.1) is 0 Å². The van der Waals surface area contributed by atoms with Crippen LogP contribution in [-0.2, 0) is 19.4 Å². The number of nitrogens with zero attached hydrogens (tertiary/aromatic N) is 2. The molecule has 1 aliphatic heterocycles. The normalized spacial score (nSPS) is 17.8. The Bertz CT molecular complexity index is 721. The van der Waals surface area contributed by atoms with Crippen molar-refractivity contribution >= 4 is 5.91 Å². The second kappa shape index (κ2) is 6.73. The van der Waals surface area contributed by atoms with Gasteiger partial charge in [-0.05, 0) is 54.7 Å². The van der Waals surface area contributed by atoms with E-state index in [9.17, 15) is 4.79 Å². The third kappa shape index (κ3) is 3.20. The molecule has 4 rings (SSSR count). The van der Waals surface area contributed by atoms with Gasteiger partial charge in [-0.3, -0.25) is 9.78 Å². The number of quaternary nitrogens is 1. The molecule has 0 bridgehead atoms. The molecule has 1 saturated heterocycles. The lowest BCUT2D eigenvalue weighted by molar-refractivity contribution is -0.917. The van der Waals surface area contributed by atoms with Crippen LogP contribution in [0.4, 0.5) is 0 Å². The van der Waals surface area contributed by atoms with E-state index in [4.69, 9.17) is 0 Å². The highest BCUT2D eigenvalue weighted by Crippen LogP contribution is 2.23. The van der Waals surface area contributed by atoms with Gasteiger partial charge in [-0.2, -0.15) is 0 Å². The summed E-state index contributed by atoms with van der Waals surface area (Å²) in [5.41, 5.74) is 4.99. The standard InChI is InChI=1S/C20H23N3O/c24-20(19-5-4-17-2-1-3-18(17)14-19)23-12-10-22(11-13-23)15-16-6-8-21-9-7-16/h4-9,14H,1-3,10-13,15H2/p+1. The predicted molar refractivity (Wildman–Crippen MR) is 93.0 cm³/mol. The van der Waals surface area contributed by atoms with E-state index in [1.165, 1.54) is 29.5 Å². The molecule has 0 saturated carbocycles. The van der Waals surface area contributed by atoms with Crippen molar-refractivity contribution in [1.29, 1.82) is 0 Å². The number of hydrogen-bond acceptors (Lipinski definition) is 2. The number of nitrogens with one attached hydrogen (secondary N) is 1. The third-order valence-corrected chi connectivity index (χ3v) is 5.31. The number of pyridine rings is 1. The highest BCUT2D eigenvalue weighted by molar-refractivity contribution is 5.94. The molecule has 2 aromatic rings. The summed E-state index contributed by atoms with van der Waals surface area (Å²) in [7, 11) is 0. The van der Waals surface area contributed by atoms with Gasteiger partial charge < -0.3 is 9.80 Å². The number of carbonyl (C=O) groups is 1. The number of benzene rings is 1. The molecule has 1 aromatic heterocycles. The van der Waals surface area contributed by atoms with E-state index in [1.807, 2.05) is 23.4 Å². The first-order chi connectivity index (χ1) is 11.8. The Labute approximate surface area is 143 Å². The average molecular weight is 322 g/mol. The van der Waals surface area contributed by atoms with E-state index in [0.29, 0.717) is 0 Å². The summed E-state index contributed by atoms with van der Waals surface area (Å²) in [4.78, 5) is 20.4. The van der Waals surface area contributed by atoms with Crippen LogP contribution in [0.1, 0.15) is 33.5 Å². The zero-order valence-corrected chi connectivity index (χ0v) is 14.0. The maximum Gasteiger partial charge on any atom is 0.254 e. The first kappa shape index (κ1) is 15.3.